The third kappa shape index (κ3) is 3.76. The van der Waals surface area contributed by atoms with Crippen LogP contribution in [0.15, 0.2) is 12.1 Å². The predicted octanol–water partition coefficient (Wildman–Crippen LogP) is 2.72. The largest absolute Gasteiger partial charge is 0.384 e. The quantitative estimate of drug-likeness (QED) is 0.900. The zero-order chi connectivity index (χ0) is 13.8. The maximum atomic E-state index is 12.1. The number of rotatable bonds is 3. The summed E-state index contributed by atoms with van der Waals surface area (Å²) in [5, 5.41) is 4.06. The lowest BCUT2D eigenvalue weighted by Gasteiger charge is -2.28. The number of hydrogen-bond donors (Lipinski definition) is 2. The van der Waals surface area contributed by atoms with E-state index in [1.165, 1.54) is 0 Å². The molecule has 0 saturated heterocycles. The van der Waals surface area contributed by atoms with Gasteiger partial charge in [-0.05, 0) is 44.1 Å². The molecule has 2 rings (SSSR count). The summed E-state index contributed by atoms with van der Waals surface area (Å²) in [5.74, 6) is 0.0746. The number of nitrogens with zero attached hydrogens (tertiary/aromatic N) is 1. The predicted molar refractivity (Wildman–Crippen MR) is 80.7 cm³/mol. The van der Waals surface area contributed by atoms with Crippen LogP contribution in [0.1, 0.15) is 36.2 Å². The van der Waals surface area contributed by atoms with Gasteiger partial charge in [0.2, 0.25) is 0 Å². The van der Waals surface area contributed by atoms with E-state index in [0.29, 0.717) is 10.8 Å². The number of amides is 1. The fourth-order valence-electron chi connectivity index (χ4n) is 2.31. The minimum Gasteiger partial charge on any atom is -0.384 e. The van der Waals surface area contributed by atoms with E-state index in [-0.39, 0.29) is 17.6 Å². The second-order valence-corrected chi connectivity index (χ2v) is 6.29. The zero-order valence-electron chi connectivity index (χ0n) is 10.9. The van der Waals surface area contributed by atoms with Crippen molar-refractivity contribution < 1.29 is 4.79 Å². The Morgan fingerprint density at radius 3 is 2.74 bits per heavy atom. The van der Waals surface area contributed by atoms with Gasteiger partial charge in [-0.25, -0.2) is 4.98 Å². The minimum absolute atomic E-state index is 0.216. The number of pyridine rings is 1. The molecule has 1 saturated carbocycles. The molecule has 1 fully saturated rings. The first-order valence-electron chi connectivity index (χ1n) is 6.36. The molecule has 104 valence electrons. The highest BCUT2D eigenvalue weighted by Gasteiger charge is 2.23. The standard InChI is InChI=1S/C13H18ClN3OS/c1-19-9-4-2-8(3-5-9)16-13(18)12-10(14)6-7-11(15)17-12/h6-9H,2-5H2,1H3,(H2,15,17)(H,16,18). The number of nitrogens with two attached hydrogens (primary N) is 1. The fraction of sp³-hybridized carbons (Fsp3) is 0.538. The topological polar surface area (TPSA) is 68.0 Å². The summed E-state index contributed by atoms with van der Waals surface area (Å²) >= 11 is 7.88. The molecule has 3 N–H and O–H groups in total. The van der Waals surface area contributed by atoms with Crippen LogP contribution in [0.5, 0.6) is 0 Å². The molecule has 0 radical (unpaired) electrons. The van der Waals surface area contributed by atoms with Gasteiger partial charge in [-0.15, -0.1) is 0 Å². The van der Waals surface area contributed by atoms with Gasteiger partial charge in [0.1, 0.15) is 11.5 Å². The fourth-order valence-corrected chi connectivity index (χ4v) is 3.25. The Labute approximate surface area is 122 Å². The summed E-state index contributed by atoms with van der Waals surface area (Å²) in [6, 6.07) is 3.40. The monoisotopic (exact) mass is 299 g/mol. The summed E-state index contributed by atoms with van der Waals surface area (Å²) in [4.78, 5) is 16.1. The molecule has 1 aromatic rings. The molecule has 0 unspecified atom stereocenters. The van der Waals surface area contributed by atoms with Crippen LogP contribution in [0.25, 0.3) is 0 Å². The number of aromatic nitrogens is 1. The molecule has 0 atom stereocenters. The summed E-state index contributed by atoms with van der Waals surface area (Å²) in [7, 11) is 0. The van der Waals surface area contributed by atoms with Gasteiger partial charge >= 0.3 is 0 Å². The van der Waals surface area contributed by atoms with Crippen LogP contribution < -0.4 is 11.1 Å². The number of carbonyl (C=O) groups is 1. The zero-order valence-corrected chi connectivity index (χ0v) is 12.4. The number of nitrogen functional groups attached to an aromatic ring is 1. The average molecular weight is 300 g/mol. The Morgan fingerprint density at radius 1 is 1.42 bits per heavy atom. The summed E-state index contributed by atoms with van der Waals surface area (Å²) in [5.41, 5.74) is 5.80. The minimum atomic E-state index is -0.232. The van der Waals surface area contributed by atoms with E-state index < -0.39 is 0 Å². The smallest absolute Gasteiger partial charge is 0.271 e. The van der Waals surface area contributed by atoms with E-state index >= 15 is 0 Å². The van der Waals surface area contributed by atoms with E-state index in [0.717, 1.165) is 30.9 Å². The first-order chi connectivity index (χ1) is 9.10. The Kier molecular flexibility index (Phi) is 4.93. The van der Waals surface area contributed by atoms with Gasteiger partial charge in [-0.3, -0.25) is 4.79 Å². The number of anilines is 1. The normalized spacial score (nSPS) is 23.1. The van der Waals surface area contributed by atoms with Crippen molar-refractivity contribution in [1.82, 2.24) is 10.3 Å². The molecule has 0 aromatic carbocycles. The number of nitrogens with one attached hydrogen (secondary N) is 1. The summed E-state index contributed by atoms with van der Waals surface area (Å²) in [6.45, 7) is 0. The summed E-state index contributed by atoms with van der Waals surface area (Å²) < 4.78 is 0. The van der Waals surface area contributed by atoms with Gasteiger partial charge in [0.15, 0.2) is 0 Å². The maximum Gasteiger partial charge on any atom is 0.271 e. The van der Waals surface area contributed by atoms with Gasteiger partial charge in [0.25, 0.3) is 5.91 Å². The first-order valence-corrected chi connectivity index (χ1v) is 8.02. The molecular weight excluding hydrogens is 282 g/mol. The summed E-state index contributed by atoms with van der Waals surface area (Å²) in [6.07, 6.45) is 6.45. The van der Waals surface area contributed by atoms with Gasteiger partial charge < -0.3 is 11.1 Å². The molecule has 0 bridgehead atoms. The van der Waals surface area contributed by atoms with E-state index in [4.69, 9.17) is 17.3 Å². The van der Waals surface area contributed by atoms with Crippen molar-refractivity contribution >= 4 is 35.1 Å². The second-order valence-electron chi connectivity index (χ2n) is 4.75. The lowest BCUT2D eigenvalue weighted by atomic mass is 9.95. The van der Waals surface area contributed by atoms with Crippen molar-refractivity contribution in [3.05, 3.63) is 22.8 Å². The Bertz CT molecular complexity index is 461. The Balaban J connectivity index is 1.96. The van der Waals surface area contributed by atoms with Crippen molar-refractivity contribution in [1.29, 1.82) is 0 Å². The lowest BCUT2D eigenvalue weighted by Crippen LogP contribution is -2.38. The van der Waals surface area contributed by atoms with Crippen molar-refractivity contribution in [2.24, 2.45) is 0 Å². The van der Waals surface area contributed by atoms with Gasteiger partial charge in [0, 0.05) is 11.3 Å². The van der Waals surface area contributed by atoms with E-state index in [1.807, 2.05) is 11.8 Å². The molecule has 19 heavy (non-hydrogen) atoms. The third-order valence-corrected chi connectivity index (χ3v) is 4.87. The van der Waals surface area contributed by atoms with Crippen molar-refractivity contribution in [2.75, 3.05) is 12.0 Å². The number of carbonyl (C=O) groups excluding carboxylic acids is 1. The molecule has 1 aliphatic carbocycles. The average Bonchev–Trinajstić information content (AvgIpc) is 2.42. The molecular formula is C13H18ClN3OS. The number of halogens is 1. The molecule has 1 heterocycles. The van der Waals surface area contributed by atoms with Gasteiger partial charge in [0.05, 0.1) is 5.02 Å². The van der Waals surface area contributed by atoms with E-state index in [2.05, 4.69) is 16.6 Å². The highest BCUT2D eigenvalue weighted by atomic mass is 35.5. The van der Waals surface area contributed by atoms with E-state index in [9.17, 15) is 4.79 Å². The lowest BCUT2D eigenvalue weighted by molar-refractivity contribution is 0.0923. The highest BCUT2D eigenvalue weighted by Crippen LogP contribution is 2.27. The van der Waals surface area contributed by atoms with Crippen LogP contribution in [0.3, 0.4) is 0 Å². The molecule has 6 heteroatoms. The van der Waals surface area contributed by atoms with Crippen LogP contribution in [0.2, 0.25) is 5.02 Å². The van der Waals surface area contributed by atoms with Crippen molar-refractivity contribution in [3.63, 3.8) is 0 Å². The Hall–Kier alpha value is -0.940. The molecule has 1 amide bonds. The van der Waals surface area contributed by atoms with Crippen LogP contribution in [0.4, 0.5) is 5.82 Å². The molecule has 1 aromatic heterocycles. The van der Waals surface area contributed by atoms with Crippen LogP contribution in [0, 0.1) is 0 Å². The van der Waals surface area contributed by atoms with Gasteiger partial charge in [-0.2, -0.15) is 11.8 Å². The number of thioether (sulfide) groups is 1. The molecule has 0 spiro atoms. The van der Waals surface area contributed by atoms with Crippen molar-refractivity contribution in [2.45, 2.75) is 37.0 Å². The van der Waals surface area contributed by atoms with Crippen LogP contribution in [-0.4, -0.2) is 28.4 Å². The highest BCUT2D eigenvalue weighted by molar-refractivity contribution is 7.99. The first kappa shape index (κ1) is 14.5. The molecule has 0 aliphatic heterocycles. The SMILES string of the molecule is CSC1CCC(NC(=O)c2nc(N)ccc2Cl)CC1. The molecule has 1 aliphatic rings. The van der Waals surface area contributed by atoms with Crippen LogP contribution in [-0.2, 0) is 0 Å². The number of hydrogen-bond acceptors (Lipinski definition) is 4. The second kappa shape index (κ2) is 6.48. The van der Waals surface area contributed by atoms with Crippen LogP contribution >= 0.6 is 23.4 Å². The molecule has 4 nitrogen and oxygen atoms in total. The third-order valence-electron chi connectivity index (χ3n) is 3.43. The Morgan fingerprint density at radius 2 is 2.11 bits per heavy atom. The van der Waals surface area contributed by atoms with Gasteiger partial charge in [-0.1, -0.05) is 11.6 Å². The van der Waals surface area contributed by atoms with Crippen molar-refractivity contribution in [3.8, 4) is 0 Å². The van der Waals surface area contributed by atoms with E-state index in [1.54, 1.807) is 12.1 Å². The maximum absolute atomic E-state index is 12.1.